The van der Waals surface area contributed by atoms with Gasteiger partial charge in [0.1, 0.15) is 19.2 Å². The molecule has 7 nitrogen and oxygen atoms in total. The Hall–Kier alpha value is -2.18. The number of carbonyl (C=O) groups is 1. The fourth-order valence-electron chi connectivity index (χ4n) is 2.05. The maximum absolute atomic E-state index is 12.0. The topological polar surface area (TPSA) is 77.6 Å². The van der Waals surface area contributed by atoms with Crippen molar-refractivity contribution in [3.63, 3.8) is 0 Å². The summed E-state index contributed by atoms with van der Waals surface area (Å²) in [5.74, 6) is -0.0526. The van der Waals surface area contributed by atoms with Crippen LogP contribution in [0.3, 0.4) is 0 Å². The summed E-state index contributed by atoms with van der Waals surface area (Å²) in [6.07, 6.45) is 3.11. The van der Waals surface area contributed by atoms with E-state index in [1.165, 1.54) is 6.33 Å². The van der Waals surface area contributed by atoms with E-state index >= 15 is 0 Å². The highest BCUT2D eigenvalue weighted by Gasteiger charge is 2.13. The van der Waals surface area contributed by atoms with Crippen molar-refractivity contribution < 1.29 is 4.79 Å². The third kappa shape index (κ3) is 3.23. The minimum absolute atomic E-state index is 0.0118. The molecule has 0 unspecified atom stereocenters. The molecule has 0 saturated heterocycles. The molecule has 2 rings (SSSR count). The Balaban J connectivity index is 1.90. The maximum atomic E-state index is 12.0. The highest BCUT2D eigenvalue weighted by molar-refractivity contribution is 5.76. The molecule has 108 valence electrons. The second-order valence-corrected chi connectivity index (χ2v) is 5.04. The van der Waals surface area contributed by atoms with Gasteiger partial charge in [-0.1, -0.05) is 0 Å². The lowest BCUT2D eigenvalue weighted by Gasteiger charge is -2.14. The van der Waals surface area contributed by atoms with Crippen LogP contribution in [0.1, 0.15) is 23.9 Å². The Morgan fingerprint density at radius 1 is 1.40 bits per heavy atom. The number of nitrogens with zero attached hydrogens (tertiary/aromatic N) is 5. The van der Waals surface area contributed by atoms with Crippen LogP contribution in [0.5, 0.6) is 0 Å². The summed E-state index contributed by atoms with van der Waals surface area (Å²) >= 11 is 0. The first-order valence-electron chi connectivity index (χ1n) is 6.59. The number of aromatic nitrogens is 5. The summed E-state index contributed by atoms with van der Waals surface area (Å²) < 4.78 is 3.43. The molecule has 20 heavy (non-hydrogen) atoms. The molecule has 2 aromatic heterocycles. The third-order valence-corrected chi connectivity index (χ3v) is 3.37. The Kier molecular flexibility index (Phi) is 4.16. The van der Waals surface area contributed by atoms with Crippen molar-refractivity contribution >= 4 is 5.91 Å². The number of rotatable bonds is 5. The van der Waals surface area contributed by atoms with E-state index in [1.807, 2.05) is 27.7 Å². The highest BCUT2D eigenvalue weighted by Crippen LogP contribution is 2.10. The summed E-state index contributed by atoms with van der Waals surface area (Å²) in [5.41, 5.74) is 3.13. The van der Waals surface area contributed by atoms with Crippen LogP contribution in [0.4, 0.5) is 0 Å². The summed E-state index contributed by atoms with van der Waals surface area (Å²) in [4.78, 5) is 15.9. The summed E-state index contributed by atoms with van der Waals surface area (Å²) in [5, 5.41) is 11.3. The molecule has 1 N–H and O–H groups in total. The Bertz CT molecular complexity index is 586. The first kappa shape index (κ1) is 14.2. The van der Waals surface area contributed by atoms with Crippen molar-refractivity contribution in [2.45, 2.75) is 46.8 Å². The molecular weight excluding hydrogens is 256 g/mol. The number of hydrogen-bond donors (Lipinski definition) is 1. The van der Waals surface area contributed by atoms with Crippen LogP contribution in [-0.2, 0) is 17.9 Å². The van der Waals surface area contributed by atoms with Gasteiger partial charge in [0.2, 0.25) is 5.91 Å². The Morgan fingerprint density at radius 3 is 2.70 bits per heavy atom. The van der Waals surface area contributed by atoms with Gasteiger partial charge in [-0.25, -0.2) is 4.98 Å². The second kappa shape index (κ2) is 5.85. The lowest BCUT2D eigenvalue weighted by Crippen LogP contribution is -2.38. The lowest BCUT2D eigenvalue weighted by molar-refractivity contribution is -0.122. The molecule has 0 aliphatic heterocycles. The Labute approximate surface area is 118 Å². The van der Waals surface area contributed by atoms with Crippen molar-refractivity contribution in [3.8, 4) is 0 Å². The van der Waals surface area contributed by atoms with Crippen molar-refractivity contribution in [1.82, 2.24) is 29.9 Å². The molecule has 0 spiro atoms. The fourth-order valence-corrected chi connectivity index (χ4v) is 2.05. The van der Waals surface area contributed by atoms with Gasteiger partial charge >= 0.3 is 0 Å². The monoisotopic (exact) mass is 276 g/mol. The molecule has 0 aromatic carbocycles. The maximum Gasteiger partial charge on any atom is 0.242 e. The quantitative estimate of drug-likeness (QED) is 0.867. The largest absolute Gasteiger partial charge is 0.350 e. The van der Waals surface area contributed by atoms with E-state index in [4.69, 9.17) is 0 Å². The SMILES string of the molecule is Cc1nn(CC(=O)N[C@@H](C)Cn2cncn2)c(C)c1C. The van der Waals surface area contributed by atoms with E-state index in [1.54, 1.807) is 15.7 Å². The van der Waals surface area contributed by atoms with Gasteiger partial charge in [0.15, 0.2) is 0 Å². The van der Waals surface area contributed by atoms with E-state index in [0.29, 0.717) is 6.54 Å². The molecule has 2 aromatic rings. The van der Waals surface area contributed by atoms with Crippen LogP contribution >= 0.6 is 0 Å². The second-order valence-electron chi connectivity index (χ2n) is 5.04. The molecule has 1 atom stereocenters. The van der Waals surface area contributed by atoms with E-state index in [2.05, 4.69) is 20.5 Å². The predicted octanol–water partition coefficient (Wildman–Crippen LogP) is 0.605. The Morgan fingerprint density at radius 2 is 2.15 bits per heavy atom. The van der Waals surface area contributed by atoms with Gasteiger partial charge < -0.3 is 5.32 Å². The predicted molar refractivity (Wildman–Crippen MR) is 74.1 cm³/mol. The molecular formula is C13H20N6O. The van der Waals surface area contributed by atoms with Crippen LogP contribution in [0.25, 0.3) is 0 Å². The molecule has 0 fully saturated rings. The molecule has 2 heterocycles. The normalized spacial score (nSPS) is 12.4. The highest BCUT2D eigenvalue weighted by atomic mass is 16.2. The fraction of sp³-hybridized carbons (Fsp3) is 0.538. The third-order valence-electron chi connectivity index (χ3n) is 3.37. The summed E-state index contributed by atoms with van der Waals surface area (Å²) in [7, 11) is 0. The van der Waals surface area contributed by atoms with Crippen molar-refractivity contribution in [3.05, 3.63) is 29.6 Å². The van der Waals surface area contributed by atoms with Crippen LogP contribution in [-0.4, -0.2) is 36.5 Å². The molecule has 0 aliphatic carbocycles. The molecule has 0 radical (unpaired) electrons. The van der Waals surface area contributed by atoms with Gasteiger partial charge in [0, 0.05) is 11.7 Å². The van der Waals surface area contributed by atoms with Crippen LogP contribution in [0, 0.1) is 20.8 Å². The van der Waals surface area contributed by atoms with Gasteiger partial charge in [0.25, 0.3) is 0 Å². The van der Waals surface area contributed by atoms with E-state index in [0.717, 1.165) is 17.0 Å². The minimum Gasteiger partial charge on any atom is -0.350 e. The average Bonchev–Trinajstić information content (AvgIpc) is 2.95. The van der Waals surface area contributed by atoms with Gasteiger partial charge in [-0.2, -0.15) is 10.2 Å². The number of nitrogens with one attached hydrogen (secondary N) is 1. The van der Waals surface area contributed by atoms with Gasteiger partial charge in [-0.05, 0) is 33.3 Å². The van der Waals surface area contributed by atoms with Crippen LogP contribution in [0.15, 0.2) is 12.7 Å². The van der Waals surface area contributed by atoms with Gasteiger partial charge in [-0.15, -0.1) is 0 Å². The van der Waals surface area contributed by atoms with Crippen LogP contribution < -0.4 is 5.32 Å². The average molecular weight is 276 g/mol. The van der Waals surface area contributed by atoms with E-state index in [-0.39, 0.29) is 18.5 Å². The standard InChI is InChI=1S/C13H20N6O/c1-9(5-18-8-14-7-15-18)16-13(20)6-19-12(4)10(2)11(3)17-19/h7-9H,5-6H2,1-4H3,(H,16,20)/t9-/m0/s1. The van der Waals surface area contributed by atoms with Gasteiger partial charge in [-0.3, -0.25) is 14.2 Å². The smallest absolute Gasteiger partial charge is 0.242 e. The molecule has 0 bridgehead atoms. The number of carbonyl (C=O) groups excluding carboxylic acids is 1. The van der Waals surface area contributed by atoms with Gasteiger partial charge in [0.05, 0.1) is 12.2 Å². The lowest BCUT2D eigenvalue weighted by atomic mass is 10.2. The van der Waals surface area contributed by atoms with Crippen molar-refractivity contribution in [2.24, 2.45) is 0 Å². The number of aryl methyl sites for hydroxylation is 1. The molecule has 0 aliphatic rings. The zero-order valence-electron chi connectivity index (χ0n) is 12.3. The van der Waals surface area contributed by atoms with Crippen LogP contribution in [0.2, 0.25) is 0 Å². The van der Waals surface area contributed by atoms with E-state index in [9.17, 15) is 4.79 Å². The zero-order chi connectivity index (χ0) is 14.7. The molecule has 7 heteroatoms. The van der Waals surface area contributed by atoms with Crippen molar-refractivity contribution in [1.29, 1.82) is 0 Å². The number of amides is 1. The van der Waals surface area contributed by atoms with Crippen molar-refractivity contribution in [2.75, 3.05) is 0 Å². The molecule has 0 saturated carbocycles. The number of hydrogen-bond acceptors (Lipinski definition) is 4. The first-order chi connectivity index (χ1) is 9.47. The summed E-state index contributed by atoms with van der Waals surface area (Å²) in [6, 6.07) is -0.0118. The minimum atomic E-state index is -0.0526. The first-order valence-corrected chi connectivity index (χ1v) is 6.59. The molecule has 1 amide bonds. The van der Waals surface area contributed by atoms with E-state index < -0.39 is 0 Å². The zero-order valence-corrected chi connectivity index (χ0v) is 12.3. The summed E-state index contributed by atoms with van der Waals surface area (Å²) in [6.45, 7) is 8.71.